The zero-order valence-corrected chi connectivity index (χ0v) is 43.1. The standard InChI is InChI=1S/5Ba.BrH.15O.3Re/h;;;;;1H;;;;;;;;;;;;;;;;;;/q5*+2;;15*-2;;;/p-1. The van der Waals surface area contributed by atoms with E-state index in [2.05, 4.69) is 0 Å². The summed E-state index contributed by atoms with van der Waals surface area (Å²) in [4.78, 5) is 0. The summed E-state index contributed by atoms with van der Waals surface area (Å²) in [7, 11) is 0. The molecular weight excluding hydrogens is 1570 g/mol. The molecule has 0 saturated carbocycles. The maximum Gasteiger partial charge on any atom is 2.00 e. The molecule has 0 rings (SSSR count). The van der Waals surface area contributed by atoms with Crippen LogP contribution >= 0.6 is 0 Å². The molecule has 0 spiro atoms. The maximum absolute atomic E-state index is 0. The van der Waals surface area contributed by atoms with Crippen LogP contribution in [0.2, 0.25) is 0 Å². The second kappa shape index (κ2) is 348. The quantitative estimate of drug-likeness (QED) is 0.204. The van der Waals surface area contributed by atoms with E-state index in [9.17, 15) is 0 Å². The van der Waals surface area contributed by atoms with Crippen molar-refractivity contribution in [2.75, 3.05) is 0 Å². The van der Waals surface area contributed by atoms with Gasteiger partial charge in [-0.25, -0.2) is 0 Å². The van der Waals surface area contributed by atoms with Gasteiger partial charge in [0.15, 0.2) is 0 Å². The Kier molecular flexibility index (Phi) is 5540. The fraction of sp³-hybridized carbons (Fsp3) is 0. The van der Waals surface area contributed by atoms with E-state index in [0.717, 1.165) is 0 Å². The summed E-state index contributed by atoms with van der Waals surface area (Å²) < 4.78 is 0. The predicted molar refractivity (Wildman–Crippen MR) is 39.1 cm³/mol. The fourth-order valence-corrected chi connectivity index (χ4v) is 0. The molecule has 0 unspecified atom stereocenters. The van der Waals surface area contributed by atoms with Gasteiger partial charge in [-0.3, -0.25) is 0 Å². The third kappa shape index (κ3) is 317. The van der Waals surface area contributed by atoms with Crippen LogP contribution in [0.3, 0.4) is 0 Å². The van der Waals surface area contributed by atoms with E-state index in [1.807, 2.05) is 0 Å². The molecule has 0 heterocycles. The molecular formula is Ba5BrO15Re3-21. The molecule has 0 aromatic carbocycles. The van der Waals surface area contributed by atoms with E-state index in [4.69, 9.17) is 0 Å². The molecule has 149 valence electrons. The molecule has 0 N–H and O–H groups in total. The number of halogens is 1. The minimum Gasteiger partial charge on any atom is -2.00 e. The van der Waals surface area contributed by atoms with Crippen molar-refractivity contribution >= 4 is 244 Å². The maximum atomic E-state index is 0. The molecule has 0 aliphatic carbocycles. The first-order chi connectivity index (χ1) is 0. The molecule has 0 saturated heterocycles. The van der Waals surface area contributed by atoms with Crippen LogP contribution < -0.4 is 17.0 Å². The van der Waals surface area contributed by atoms with Crippen LogP contribution in [0.25, 0.3) is 0 Å². The molecule has 0 aliphatic heterocycles. The summed E-state index contributed by atoms with van der Waals surface area (Å²) in [5, 5.41) is 0. The smallest absolute Gasteiger partial charge is 2.00 e. The van der Waals surface area contributed by atoms with Gasteiger partial charge in [-0.15, -0.1) is 0 Å². The van der Waals surface area contributed by atoms with Gasteiger partial charge in [-0.2, -0.15) is 0 Å². The van der Waals surface area contributed by atoms with Crippen molar-refractivity contribution in [2.24, 2.45) is 0 Å². The van der Waals surface area contributed by atoms with Crippen molar-refractivity contribution in [3.8, 4) is 0 Å². The van der Waals surface area contributed by atoms with E-state index in [0.29, 0.717) is 0 Å². The van der Waals surface area contributed by atoms with Crippen LogP contribution in [0.4, 0.5) is 0 Å². The van der Waals surface area contributed by atoms with Gasteiger partial charge in [0.05, 0.1) is 0 Å². The van der Waals surface area contributed by atoms with Crippen LogP contribution in [0.5, 0.6) is 0 Å². The van der Waals surface area contributed by atoms with Crippen molar-refractivity contribution in [3.05, 3.63) is 0 Å². The monoisotopic (exact) mass is 1570 g/mol. The molecule has 24 heteroatoms. The van der Waals surface area contributed by atoms with Gasteiger partial charge in [0.2, 0.25) is 0 Å². The SMILES string of the molecule is [Ba+2].[Ba+2].[Ba+2].[Ba+2].[Ba+2].[Br-].[O-2].[O-2].[O-2].[O-2].[O-2].[O-2].[O-2].[O-2].[O-2].[O-2].[O-2].[O-2].[O-2].[O-2].[O-2].[Re].[Re].[Re]. The molecule has 0 bridgehead atoms. The zero-order valence-electron chi connectivity index (χ0n) is 11.2. The van der Waals surface area contributed by atoms with Crippen LogP contribution in [0.1, 0.15) is 0 Å². The van der Waals surface area contributed by atoms with Crippen molar-refractivity contribution in [1.29, 1.82) is 0 Å². The van der Waals surface area contributed by atoms with E-state index in [1.165, 1.54) is 0 Å². The molecule has 0 fully saturated rings. The van der Waals surface area contributed by atoms with Crippen LogP contribution in [-0.2, 0) is 143 Å². The van der Waals surface area contributed by atoms with E-state index >= 15 is 0 Å². The van der Waals surface area contributed by atoms with Crippen molar-refractivity contribution < 1.29 is 160 Å². The Labute approximate surface area is 392 Å². The summed E-state index contributed by atoms with van der Waals surface area (Å²) in [6.07, 6.45) is 0. The number of rotatable bonds is 0. The fourth-order valence-electron chi connectivity index (χ4n) is 0. The van der Waals surface area contributed by atoms with Gasteiger partial charge in [0.1, 0.15) is 0 Å². The first-order valence-electron chi connectivity index (χ1n) is 0. The Hall–Kier alpha value is 9.72. The second-order valence-electron chi connectivity index (χ2n) is 0. The molecule has 0 aromatic rings. The summed E-state index contributed by atoms with van der Waals surface area (Å²) in [5.74, 6) is 0. The summed E-state index contributed by atoms with van der Waals surface area (Å²) in [6.45, 7) is 0. The van der Waals surface area contributed by atoms with Crippen molar-refractivity contribution in [3.63, 3.8) is 0 Å². The van der Waals surface area contributed by atoms with Crippen LogP contribution in [-0.4, -0.2) is 244 Å². The van der Waals surface area contributed by atoms with Crippen molar-refractivity contribution in [2.45, 2.75) is 0 Å². The van der Waals surface area contributed by atoms with Gasteiger partial charge in [-0.05, 0) is 0 Å². The predicted octanol–water partition coefficient (Wildman–Crippen LogP) is -6.69. The Morgan fingerprint density at radius 1 is 0.167 bits per heavy atom. The van der Waals surface area contributed by atoms with Crippen LogP contribution in [0, 0.1) is 0 Å². The van der Waals surface area contributed by atoms with Crippen LogP contribution in [0.15, 0.2) is 0 Å². The van der Waals surface area contributed by atoms with Gasteiger partial charge < -0.3 is 99.1 Å². The normalized spacial score (nSPS) is 0. The molecule has 0 atom stereocenters. The van der Waals surface area contributed by atoms with E-state index < -0.39 is 0 Å². The topological polar surface area (TPSA) is 428 Å². The summed E-state index contributed by atoms with van der Waals surface area (Å²) in [5.41, 5.74) is 0. The van der Waals surface area contributed by atoms with Gasteiger partial charge in [0, 0.05) is 61.3 Å². The van der Waals surface area contributed by atoms with Crippen molar-refractivity contribution in [1.82, 2.24) is 0 Å². The average Bonchev–Trinajstić information content (AvgIpc) is 0. The molecule has 0 aromatic heterocycles. The number of hydrogen-bond acceptors (Lipinski definition) is 0. The largest absolute Gasteiger partial charge is 2.00 e. The Balaban J connectivity index is 0. The molecule has 15 nitrogen and oxygen atoms in total. The van der Waals surface area contributed by atoms with Gasteiger partial charge >= 0.3 is 244 Å². The molecule has 0 aliphatic rings. The van der Waals surface area contributed by atoms with E-state index in [-0.39, 0.29) is 405 Å². The zero-order chi connectivity index (χ0) is 0. The third-order valence-corrected chi connectivity index (χ3v) is 0. The van der Waals surface area contributed by atoms with E-state index in [1.54, 1.807) is 0 Å². The molecule has 3 radical (unpaired) electrons. The minimum absolute atomic E-state index is 0. The Morgan fingerprint density at radius 2 is 0.167 bits per heavy atom. The first kappa shape index (κ1) is 382. The Morgan fingerprint density at radius 3 is 0.167 bits per heavy atom. The Bertz CT molecular complexity index is 35.1. The number of hydrogen-bond donors (Lipinski definition) is 0. The third-order valence-electron chi connectivity index (χ3n) is 0. The van der Waals surface area contributed by atoms with Gasteiger partial charge in [-0.1, -0.05) is 0 Å². The first-order valence-corrected chi connectivity index (χ1v) is 0. The van der Waals surface area contributed by atoms with Gasteiger partial charge in [0.25, 0.3) is 0 Å². The minimum atomic E-state index is 0. The summed E-state index contributed by atoms with van der Waals surface area (Å²) >= 11 is 0. The molecule has 0 amide bonds. The molecule has 24 heavy (non-hydrogen) atoms. The second-order valence-corrected chi connectivity index (χ2v) is 0. The average molecular weight is 1570 g/mol. The summed E-state index contributed by atoms with van der Waals surface area (Å²) in [6, 6.07) is 0.